The van der Waals surface area contributed by atoms with Gasteiger partial charge >= 0.3 is 0 Å². The van der Waals surface area contributed by atoms with E-state index >= 15 is 0 Å². The zero-order chi connectivity index (χ0) is 24.0. The maximum absolute atomic E-state index is 13.0. The second-order valence-electron chi connectivity index (χ2n) is 8.66. The molecule has 2 aromatic carbocycles. The quantitative estimate of drug-likeness (QED) is 0.416. The molecule has 0 spiro atoms. The highest BCUT2D eigenvalue weighted by Crippen LogP contribution is 2.36. The Balaban J connectivity index is 1.30. The molecule has 0 saturated carbocycles. The molecule has 2 N–H and O–H groups in total. The zero-order valence-electron chi connectivity index (χ0n) is 18.5. The van der Waals surface area contributed by atoms with Crippen LogP contribution in [0.3, 0.4) is 0 Å². The number of aryl methyl sites for hydroxylation is 1. The number of fused-ring (bicyclic) bond motifs is 1. The van der Waals surface area contributed by atoms with Gasteiger partial charge in [0.2, 0.25) is 11.8 Å². The first kappa shape index (κ1) is 21.9. The number of rotatable bonds is 5. The molecule has 0 radical (unpaired) electrons. The van der Waals surface area contributed by atoms with E-state index in [0.29, 0.717) is 52.8 Å². The lowest BCUT2D eigenvalue weighted by molar-refractivity contribution is 0.511. The van der Waals surface area contributed by atoms with E-state index in [4.69, 9.17) is 11.6 Å². The summed E-state index contributed by atoms with van der Waals surface area (Å²) < 4.78 is 25.9. The van der Waals surface area contributed by atoms with Crippen LogP contribution < -0.4 is 10.2 Å². The highest BCUT2D eigenvalue weighted by molar-refractivity contribution is 7.91. The number of aromatic nitrogens is 6. The number of nitrogens with one attached hydrogen (secondary N) is 2. The number of hydrogen-bond acceptors (Lipinski definition) is 9. The summed E-state index contributed by atoms with van der Waals surface area (Å²) in [5, 5.41) is 17.9. The van der Waals surface area contributed by atoms with Crippen molar-refractivity contribution >= 4 is 38.9 Å². The van der Waals surface area contributed by atoms with E-state index < -0.39 is 9.84 Å². The molecule has 0 amide bonds. The summed E-state index contributed by atoms with van der Waals surface area (Å²) in [6.45, 7) is 1.51. The van der Waals surface area contributed by atoms with Crippen molar-refractivity contribution in [1.29, 1.82) is 0 Å². The first-order valence-corrected chi connectivity index (χ1v) is 13.2. The molecule has 10 nitrogen and oxygen atoms in total. The minimum Gasteiger partial charge on any atom is -0.339 e. The predicted molar refractivity (Wildman–Crippen MR) is 132 cm³/mol. The third-order valence-electron chi connectivity index (χ3n) is 6.32. The lowest BCUT2D eigenvalue weighted by atomic mass is 9.92. The molecule has 2 aliphatic heterocycles. The number of H-pyrrole nitrogens is 1. The molecular weight excluding hydrogens is 488 g/mol. The first-order chi connectivity index (χ1) is 17.0. The van der Waals surface area contributed by atoms with Gasteiger partial charge in [0.25, 0.3) is 0 Å². The smallest absolute Gasteiger partial charge is 0.227 e. The van der Waals surface area contributed by atoms with Crippen LogP contribution in [0.25, 0.3) is 11.4 Å². The fraction of sp³-hybridized carbons (Fsp3) is 0.261. The topological polar surface area (TPSA) is 130 Å². The van der Waals surface area contributed by atoms with Crippen molar-refractivity contribution in [1.82, 2.24) is 30.6 Å². The van der Waals surface area contributed by atoms with Gasteiger partial charge < -0.3 is 10.2 Å². The van der Waals surface area contributed by atoms with Crippen LogP contribution in [0.4, 0.5) is 17.5 Å². The summed E-state index contributed by atoms with van der Waals surface area (Å²) in [4.78, 5) is 11.6. The Hall–Kier alpha value is -3.57. The van der Waals surface area contributed by atoms with Gasteiger partial charge in [0, 0.05) is 35.3 Å². The van der Waals surface area contributed by atoms with Crippen LogP contribution in [0.15, 0.2) is 53.4 Å². The number of aromatic amines is 1. The van der Waals surface area contributed by atoms with Crippen molar-refractivity contribution in [3.63, 3.8) is 0 Å². The van der Waals surface area contributed by atoms with Gasteiger partial charge in [-0.2, -0.15) is 10.2 Å². The third kappa shape index (κ3) is 4.21. The van der Waals surface area contributed by atoms with E-state index in [2.05, 4.69) is 40.8 Å². The molecule has 178 valence electrons. The number of benzene rings is 2. The summed E-state index contributed by atoms with van der Waals surface area (Å²) in [7, 11) is -3.48. The SMILES string of the molecule is O=S1(=O)CCCc2nc(N3CC(c4ccc(Cl)cc4)C3)nc(Nc3ccc(-c4nn[nH]n4)cc3)c21. The zero-order valence-corrected chi connectivity index (χ0v) is 20.1. The molecule has 1 fully saturated rings. The Morgan fingerprint density at radius 1 is 1.03 bits per heavy atom. The first-order valence-electron chi connectivity index (χ1n) is 11.2. The van der Waals surface area contributed by atoms with E-state index in [1.165, 1.54) is 5.56 Å². The van der Waals surface area contributed by atoms with Gasteiger partial charge in [0.05, 0.1) is 11.4 Å². The lowest BCUT2D eigenvalue weighted by Crippen LogP contribution is -2.46. The van der Waals surface area contributed by atoms with Crippen molar-refractivity contribution in [2.24, 2.45) is 0 Å². The highest BCUT2D eigenvalue weighted by atomic mass is 35.5. The van der Waals surface area contributed by atoms with Crippen LogP contribution >= 0.6 is 11.6 Å². The van der Waals surface area contributed by atoms with Crippen molar-refractivity contribution in [2.45, 2.75) is 23.7 Å². The molecule has 2 aliphatic rings. The lowest BCUT2D eigenvalue weighted by Gasteiger charge is -2.40. The van der Waals surface area contributed by atoms with Gasteiger partial charge in [-0.3, -0.25) is 0 Å². The standard InChI is InChI=1S/C23H21ClN8O2S/c24-17-7-3-14(4-8-17)16-12-32(13-16)23-26-19-2-1-11-35(33,34)20(19)22(27-23)25-18-9-5-15(6-10-18)21-28-30-31-29-21/h3-10,16H,1-2,11-13H2,(H,25,26,27)(H,28,29,30,31). The van der Waals surface area contributed by atoms with E-state index in [1.54, 1.807) is 0 Å². The predicted octanol–water partition coefficient (Wildman–Crippen LogP) is 3.38. The summed E-state index contributed by atoms with van der Waals surface area (Å²) in [6.07, 6.45) is 1.15. The van der Waals surface area contributed by atoms with Crippen LogP contribution in [-0.2, 0) is 16.3 Å². The van der Waals surface area contributed by atoms with E-state index in [0.717, 1.165) is 18.7 Å². The van der Waals surface area contributed by atoms with Crippen LogP contribution in [0.5, 0.6) is 0 Å². The summed E-state index contributed by atoms with van der Waals surface area (Å²) in [5.41, 5.74) is 3.28. The van der Waals surface area contributed by atoms with Crippen LogP contribution in [0.1, 0.15) is 23.6 Å². The molecular formula is C23H21ClN8O2S. The number of tetrazole rings is 1. The monoisotopic (exact) mass is 508 g/mol. The van der Waals surface area contributed by atoms with Crippen LogP contribution in [-0.4, -0.2) is 57.9 Å². The van der Waals surface area contributed by atoms with Crippen molar-refractivity contribution < 1.29 is 8.42 Å². The maximum Gasteiger partial charge on any atom is 0.227 e. The normalized spacial score (nSPS) is 17.0. The van der Waals surface area contributed by atoms with Gasteiger partial charge in [-0.15, -0.1) is 10.2 Å². The third-order valence-corrected chi connectivity index (χ3v) is 8.45. The number of sulfone groups is 1. The molecule has 0 bridgehead atoms. The molecule has 35 heavy (non-hydrogen) atoms. The second kappa shape index (κ2) is 8.58. The summed E-state index contributed by atoms with van der Waals surface area (Å²) >= 11 is 6.01. The number of hydrogen-bond donors (Lipinski definition) is 2. The van der Waals surface area contributed by atoms with Crippen molar-refractivity contribution in [3.05, 3.63) is 64.8 Å². The number of halogens is 1. The molecule has 12 heteroatoms. The van der Waals surface area contributed by atoms with E-state index in [9.17, 15) is 8.42 Å². The molecule has 0 aliphatic carbocycles. The largest absolute Gasteiger partial charge is 0.339 e. The molecule has 0 atom stereocenters. The fourth-order valence-corrected chi connectivity index (χ4v) is 6.20. The van der Waals surface area contributed by atoms with Gasteiger partial charge in [-0.25, -0.2) is 13.4 Å². The van der Waals surface area contributed by atoms with Crippen molar-refractivity contribution in [3.8, 4) is 11.4 Å². The summed E-state index contributed by atoms with van der Waals surface area (Å²) in [5.74, 6) is 1.78. The Labute approximate surface area is 206 Å². The minimum atomic E-state index is -3.48. The Morgan fingerprint density at radius 3 is 2.51 bits per heavy atom. The molecule has 0 unspecified atom stereocenters. The Morgan fingerprint density at radius 2 is 1.80 bits per heavy atom. The van der Waals surface area contributed by atoms with Gasteiger partial charge in [-0.1, -0.05) is 23.7 Å². The van der Waals surface area contributed by atoms with E-state index in [1.807, 2.05) is 48.5 Å². The highest BCUT2D eigenvalue weighted by Gasteiger charge is 2.34. The second-order valence-corrected chi connectivity index (χ2v) is 11.1. The fourth-order valence-electron chi connectivity index (χ4n) is 4.45. The molecule has 2 aromatic heterocycles. The van der Waals surface area contributed by atoms with Gasteiger partial charge in [0.1, 0.15) is 4.90 Å². The maximum atomic E-state index is 13.0. The van der Waals surface area contributed by atoms with Crippen LogP contribution in [0.2, 0.25) is 5.02 Å². The number of anilines is 3. The van der Waals surface area contributed by atoms with Gasteiger partial charge in [0.15, 0.2) is 15.7 Å². The molecule has 4 aromatic rings. The average Bonchev–Trinajstić information content (AvgIpc) is 3.34. The molecule has 6 rings (SSSR count). The van der Waals surface area contributed by atoms with Crippen LogP contribution in [0, 0.1) is 0 Å². The van der Waals surface area contributed by atoms with E-state index in [-0.39, 0.29) is 10.6 Å². The molecule has 4 heterocycles. The minimum absolute atomic E-state index is 0.0938. The molecule has 1 saturated heterocycles. The summed E-state index contributed by atoms with van der Waals surface area (Å²) in [6, 6.07) is 15.2. The average molecular weight is 509 g/mol. The van der Waals surface area contributed by atoms with Crippen molar-refractivity contribution in [2.75, 3.05) is 29.1 Å². The Kier molecular flexibility index (Phi) is 5.37. The number of nitrogens with zero attached hydrogens (tertiary/aromatic N) is 6. The van der Waals surface area contributed by atoms with Gasteiger partial charge in [-0.05, 0) is 60.0 Å². The Bertz CT molecular complexity index is 1470.